The summed E-state index contributed by atoms with van der Waals surface area (Å²) < 4.78 is 5.43. The number of hydrogen-bond donors (Lipinski definition) is 1. The van der Waals surface area contributed by atoms with Crippen LogP contribution in [0.4, 0.5) is 0 Å². The number of rotatable bonds is 9. The third kappa shape index (κ3) is 5.99. The third-order valence-electron chi connectivity index (χ3n) is 6.13. The Morgan fingerprint density at radius 2 is 1.85 bits per heavy atom. The Bertz CT molecular complexity index is 1150. The number of carbonyl (C=O) groups is 1. The topological polar surface area (TPSA) is 65.4 Å². The van der Waals surface area contributed by atoms with Gasteiger partial charge in [0.15, 0.2) is 0 Å². The number of hydrogen-bond acceptors (Lipinski definition) is 5. The average molecular weight is 472 g/mol. The van der Waals surface area contributed by atoms with Crippen molar-refractivity contribution in [3.63, 3.8) is 0 Å². The van der Waals surface area contributed by atoms with Crippen LogP contribution in [0.2, 0.25) is 0 Å². The number of thioether (sulfide) groups is 1. The van der Waals surface area contributed by atoms with Gasteiger partial charge in [-0.05, 0) is 73.5 Å². The molecule has 0 aliphatic carbocycles. The molecule has 3 aromatic carbocycles. The zero-order valence-corrected chi connectivity index (χ0v) is 20.2. The summed E-state index contributed by atoms with van der Waals surface area (Å²) in [6, 6.07) is 25.7. The van der Waals surface area contributed by atoms with Gasteiger partial charge < -0.3 is 10.1 Å². The Kier molecular flexibility index (Phi) is 8.24. The smallest absolute Gasteiger partial charge is 0.252 e. The average Bonchev–Trinajstić information content (AvgIpc) is 3.43. The second-order valence-electron chi connectivity index (χ2n) is 8.34. The quantitative estimate of drug-likeness (QED) is 0.422. The van der Waals surface area contributed by atoms with Crippen molar-refractivity contribution >= 4 is 17.7 Å². The van der Waals surface area contributed by atoms with Gasteiger partial charge in [0, 0.05) is 17.2 Å². The molecule has 1 unspecified atom stereocenters. The number of likely N-dealkylation sites (tertiary alicyclic amines) is 1. The number of methoxy groups -OCH3 is 1. The van der Waals surface area contributed by atoms with Gasteiger partial charge in [-0.1, -0.05) is 36.4 Å². The summed E-state index contributed by atoms with van der Waals surface area (Å²) in [5.41, 5.74) is 3.61. The van der Waals surface area contributed by atoms with Crippen molar-refractivity contribution in [1.82, 2.24) is 10.2 Å². The number of ether oxygens (including phenoxy) is 1. The van der Waals surface area contributed by atoms with E-state index in [-0.39, 0.29) is 11.9 Å². The second-order valence-corrected chi connectivity index (χ2v) is 9.36. The van der Waals surface area contributed by atoms with Crippen LogP contribution in [0.5, 0.6) is 5.75 Å². The number of benzene rings is 3. The predicted octanol–water partition coefficient (Wildman–Crippen LogP) is 5.43. The molecule has 0 spiro atoms. The fourth-order valence-electron chi connectivity index (χ4n) is 4.26. The van der Waals surface area contributed by atoms with Crippen LogP contribution in [-0.4, -0.2) is 37.6 Å². The van der Waals surface area contributed by atoms with Gasteiger partial charge in [-0.15, -0.1) is 11.8 Å². The lowest BCUT2D eigenvalue weighted by Crippen LogP contribution is -2.37. The lowest BCUT2D eigenvalue weighted by Gasteiger charge is -2.28. The maximum absolute atomic E-state index is 13.2. The van der Waals surface area contributed by atoms with Gasteiger partial charge in [0.25, 0.3) is 5.91 Å². The number of carbonyl (C=O) groups excluding carboxylic acids is 1. The van der Waals surface area contributed by atoms with Gasteiger partial charge in [-0.3, -0.25) is 9.69 Å². The molecule has 1 saturated heterocycles. The van der Waals surface area contributed by atoms with Gasteiger partial charge in [-0.25, -0.2) is 0 Å². The van der Waals surface area contributed by atoms with Crippen LogP contribution in [-0.2, 0) is 5.75 Å². The first kappa shape index (κ1) is 23.9. The Hall–Kier alpha value is -3.27. The van der Waals surface area contributed by atoms with E-state index >= 15 is 0 Å². The number of nitrogens with zero attached hydrogens (tertiary/aromatic N) is 2. The standard InChI is InChI=1S/C28H29N3O2S/c1-33-24-8-6-7-23(17-24)26(31-15-4-5-16-31)19-30-28(32)25-9-2-3-10-27(25)34-20-22-13-11-21(18-29)12-14-22/h2-3,6-14,17,26H,4-5,15-16,19-20H2,1H3,(H,30,32). The maximum atomic E-state index is 13.2. The molecule has 1 fully saturated rings. The van der Waals surface area contributed by atoms with Crippen molar-refractivity contribution in [2.75, 3.05) is 26.7 Å². The van der Waals surface area contributed by atoms with Crippen molar-refractivity contribution in [3.05, 3.63) is 95.1 Å². The Morgan fingerprint density at radius 1 is 1.09 bits per heavy atom. The van der Waals surface area contributed by atoms with E-state index in [9.17, 15) is 4.79 Å². The van der Waals surface area contributed by atoms with Crippen molar-refractivity contribution < 1.29 is 9.53 Å². The van der Waals surface area contributed by atoms with Gasteiger partial charge in [0.05, 0.1) is 30.3 Å². The summed E-state index contributed by atoms with van der Waals surface area (Å²) in [4.78, 5) is 16.6. The molecule has 5 nitrogen and oxygen atoms in total. The molecule has 1 aliphatic heterocycles. The van der Waals surface area contributed by atoms with E-state index in [2.05, 4.69) is 28.4 Å². The van der Waals surface area contributed by atoms with E-state index in [0.29, 0.717) is 17.7 Å². The van der Waals surface area contributed by atoms with E-state index in [0.717, 1.165) is 40.6 Å². The largest absolute Gasteiger partial charge is 0.497 e. The first-order valence-corrected chi connectivity index (χ1v) is 12.5. The molecule has 1 amide bonds. The summed E-state index contributed by atoms with van der Waals surface area (Å²) in [6.45, 7) is 2.62. The SMILES string of the molecule is COc1cccc(C(CNC(=O)c2ccccc2SCc2ccc(C#N)cc2)N2CCCC2)c1. The van der Waals surface area contributed by atoms with Crippen LogP contribution >= 0.6 is 11.8 Å². The van der Waals surface area contributed by atoms with Gasteiger partial charge in [0.1, 0.15) is 5.75 Å². The lowest BCUT2D eigenvalue weighted by molar-refractivity contribution is 0.0935. The van der Waals surface area contributed by atoms with Crippen LogP contribution in [0.3, 0.4) is 0 Å². The maximum Gasteiger partial charge on any atom is 0.252 e. The fraction of sp³-hybridized carbons (Fsp3) is 0.286. The lowest BCUT2D eigenvalue weighted by atomic mass is 10.0. The van der Waals surface area contributed by atoms with Crippen molar-refractivity contribution in [3.8, 4) is 11.8 Å². The third-order valence-corrected chi connectivity index (χ3v) is 7.27. The molecule has 0 saturated carbocycles. The van der Waals surface area contributed by atoms with Gasteiger partial charge in [-0.2, -0.15) is 5.26 Å². The minimum Gasteiger partial charge on any atom is -0.497 e. The monoisotopic (exact) mass is 471 g/mol. The molecule has 1 heterocycles. The highest BCUT2D eigenvalue weighted by atomic mass is 32.2. The molecule has 0 aromatic heterocycles. The highest BCUT2D eigenvalue weighted by Crippen LogP contribution is 2.29. The molecule has 4 rings (SSSR count). The Morgan fingerprint density at radius 3 is 2.59 bits per heavy atom. The van der Waals surface area contributed by atoms with Crippen LogP contribution in [0.15, 0.2) is 77.7 Å². The number of nitrogens with one attached hydrogen (secondary N) is 1. The van der Waals surface area contributed by atoms with E-state index in [1.807, 2.05) is 60.7 Å². The molecule has 34 heavy (non-hydrogen) atoms. The molecule has 1 aliphatic rings. The summed E-state index contributed by atoms with van der Waals surface area (Å²) >= 11 is 1.63. The molecular formula is C28H29N3O2S. The Balaban J connectivity index is 1.45. The molecule has 3 aromatic rings. The van der Waals surface area contributed by atoms with Gasteiger partial charge >= 0.3 is 0 Å². The molecule has 1 atom stereocenters. The summed E-state index contributed by atoms with van der Waals surface area (Å²) in [7, 11) is 1.68. The molecule has 0 bridgehead atoms. The summed E-state index contributed by atoms with van der Waals surface area (Å²) in [5, 5.41) is 12.2. The molecular weight excluding hydrogens is 442 g/mol. The highest BCUT2D eigenvalue weighted by Gasteiger charge is 2.25. The normalized spacial score (nSPS) is 14.4. The minimum absolute atomic E-state index is 0.0602. The van der Waals surface area contributed by atoms with Crippen LogP contribution in [0.25, 0.3) is 0 Å². The molecule has 1 N–H and O–H groups in total. The van der Waals surface area contributed by atoms with E-state index in [4.69, 9.17) is 10.00 Å². The molecule has 174 valence electrons. The summed E-state index contributed by atoms with van der Waals surface area (Å²) in [5.74, 6) is 1.50. The van der Waals surface area contributed by atoms with Crippen LogP contribution in [0, 0.1) is 11.3 Å². The predicted molar refractivity (Wildman–Crippen MR) is 136 cm³/mol. The van der Waals surface area contributed by atoms with Crippen molar-refractivity contribution in [2.45, 2.75) is 29.5 Å². The fourth-order valence-corrected chi connectivity index (χ4v) is 5.27. The first-order chi connectivity index (χ1) is 16.7. The number of amides is 1. The second kappa shape index (κ2) is 11.7. The zero-order chi connectivity index (χ0) is 23.8. The van der Waals surface area contributed by atoms with Crippen LogP contribution < -0.4 is 10.1 Å². The zero-order valence-electron chi connectivity index (χ0n) is 19.4. The van der Waals surface area contributed by atoms with Crippen LogP contribution in [0.1, 0.15) is 45.9 Å². The van der Waals surface area contributed by atoms with Crippen molar-refractivity contribution in [2.24, 2.45) is 0 Å². The van der Waals surface area contributed by atoms with E-state index in [1.165, 1.54) is 12.8 Å². The van der Waals surface area contributed by atoms with E-state index < -0.39 is 0 Å². The number of nitriles is 1. The minimum atomic E-state index is -0.0602. The first-order valence-electron chi connectivity index (χ1n) is 11.5. The highest BCUT2D eigenvalue weighted by molar-refractivity contribution is 7.98. The molecule has 0 radical (unpaired) electrons. The molecule has 6 heteroatoms. The Labute approximate surface area is 205 Å². The summed E-state index contributed by atoms with van der Waals surface area (Å²) in [6.07, 6.45) is 2.37. The van der Waals surface area contributed by atoms with Crippen molar-refractivity contribution in [1.29, 1.82) is 5.26 Å². The van der Waals surface area contributed by atoms with Gasteiger partial charge in [0.2, 0.25) is 0 Å². The van der Waals surface area contributed by atoms with E-state index in [1.54, 1.807) is 18.9 Å².